The first-order valence-electron chi connectivity index (χ1n) is 10.2. The summed E-state index contributed by atoms with van der Waals surface area (Å²) >= 11 is 0. The fourth-order valence-electron chi connectivity index (χ4n) is 2.20. The van der Waals surface area contributed by atoms with Crippen LogP contribution in [-0.4, -0.2) is 76.1 Å². The van der Waals surface area contributed by atoms with Gasteiger partial charge in [-0.15, -0.1) is 0 Å². The molecular formula is C24H30O11. The molecule has 11 heteroatoms. The lowest BCUT2D eigenvalue weighted by Gasteiger charge is -2.32. The van der Waals surface area contributed by atoms with Gasteiger partial charge in [0.05, 0.1) is 37.8 Å². The number of rotatable bonds is 19. The molecule has 0 saturated carbocycles. The van der Waals surface area contributed by atoms with Crippen molar-refractivity contribution in [2.45, 2.75) is 0 Å². The highest BCUT2D eigenvalue weighted by atomic mass is 16.6. The van der Waals surface area contributed by atoms with E-state index in [0.29, 0.717) is 0 Å². The van der Waals surface area contributed by atoms with Crippen LogP contribution >= 0.6 is 0 Å². The summed E-state index contributed by atoms with van der Waals surface area (Å²) in [5.41, 5.74) is -1.34. The molecule has 0 amide bonds. The predicted octanol–water partition coefficient (Wildman–Crippen LogP) is 1.25. The minimum atomic E-state index is -1.34. The Morgan fingerprint density at radius 1 is 0.514 bits per heavy atom. The maximum Gasteiger partial charge on any atom is 0.330 e. The van der Waals surface area contributed by atoms with E-state index in [-0.39, 0.29) is 46.2 Å². The third kappa shape index (κ3) is 14.0. The SMILES string of the molecule is C=CC(=O)OCC(COCC(COC(=O)C=C)(COC(=O)C=C)COC(=O)C=C)COC(=O)C=C. The second-order valence-corrected chi connectivity index (χ2v) is 6.98. The molecule has 0 saturated heterocycles. The fraction of sp³-hybridized carbons (Fsp3) is 0.375. The van der Waals surface area contributed by atoms with E-state index in [1.54, 1.807) is 0 Å². The van der Waals surface area contributed by atoms with Crippen LogP contribution in [0.15, 0.2) is 63.3 Å². The highest BCUT2D eigenvalue weighted by molar-refractivity contribution is 5.82. The third-order valence-corrected chi connectivity index (χ3v) is 4.08. The molecule has 0 atom stereocenters. The average Bonchev–Trinajstić information content (AvgIpc) is 2.88. The summed E-state index contributed by atoms with van der Waals surface area (Å²) in [5.74, 6) is -4.31. The van der Waals surface area contributed by atoms with Crippen LogP contribution in [0.1, 0.15) is 0 Å². The highest BCUT2D eigenvalue weighted by Crippen LogP contribution is 2.22. The predicted molar refractivity (Wildman–Crippen MR) is 123 cm³/mol. The lowest BCUT2D eigenvalue weighted by Crippen LogP contribution is -2.43. The van der Waals surface area contributed by atoms with E-state index in [4.69, 9.17) is 28.4 Å². The van der Waals surface area contributed by atoms with Crippen molar-refractivity contribution in [2.75, 3.05) is 46.2 Å². The Hall–Kier alpha value is -3.99. The van der Waals surface area contributed by atoms with Gasteiger partial charge in [-0.3, -0.25) is 0 Å². The Bertz CT molecular complexity index is 728. The summed E-state index contributed by atoms with van der Waals surface area (Å²) in [6.07, 6.45) is 4.71. The van der Waals surface area contributed by atoms with Crippen LogP contribution in [-0.2, 0) is 52.4 Å². The van der Waals surface area contributed by atoms with Gasteiger partial charge in [-0.25, -0.2) is 24.0 Å². The molecule has 0 aromatic carbocycles. The second-order valence-electron chi connectivity index (χ2n) is 6.98. The minimum Gasteiger partial charge on any atom is -0.462 e. The molecule has 11 nitrogen and oxygen atoms in total. The standard InChI is InChI=1S/C24H30O11/c1-6-19(25)31-12-18(13-32-20(26)7-2)11-30-14-24(15-33-21(27)8-3,16-34-22(28)9-4)17-35-23(29)10-5/h6-10,18H,1-5,11-17H2. The molecule has 0 radical (unpaired) electrons. The van der Waals surface area contributed by atoms with Crippen molar-refractivity contribution in [3.8, 4) is 0 Å². The molecule has 0 bridgehead atoms. The fourth-order valence-corrected chi connectivity index (χ4v) is 2.20. The quantitative estimate of drug-likeness (QED) is 0.145. The van der Waals surface area contributed by atoms with Crippen molar-refractivity contribution in [2.24, 2.45) is 11.3 Å². The maximum atomic E-state index is 11.6. The topological polar surface area (TPSA) is 141 Å². The van der Waals surface area contributed by atoms with Gasteiger partial charge in [0.15, 0.2) is 0 Å². The Balaban J connectivity index is 5.57. The Kier molecular flexibility index (Phi) is 15.5. The average molecular weight is 494 g/mol. The number of esters is 5. The molecule has 0 aromatic heterocycles. The summed E-state index contributed by atoms with van der Waals surface area (Å²) < 4.78 is 31.0. The van der Waals surface area contributed by atoms with Crippen molar-refractivity contribution >= 4 is 29.8 Å². The van der Waals surface area contributed by atoms with Gasteiger partial charge < -0.3 is 28.4 Å². The van der Waals surface area contributed by atoms with Crippen LogP contribution in [0.5, 0.6) is 0 Å². The monoisotopic (exact) mass is 494 g/mol. The largest absolute Gasteiger partial charge is 0.462 e. The van der Waals surface area contributed by atoms with Crippen LogP contribution < -0.4 is 0 Å². The second kappa shape index (κ2) is 17.5. The lowest BCUT2D eigenvalue weighted by molar-refractivity contribution is -0.162. The molecule has 0 aliphatic carbocycles. The summed E-state index contributed by atoms with van der Waals surface area (Å²) in [4.78, 5) is 57.7. The Labute approximate surface area is 203 Å². The van der Waals surface area contributed by atoms with Gasteiger partial charge >= 0.3 is 29.8 Å². The summed E-state index contributed by atoms with van der Waals surface area (Å²) in [6, 6.07) is 0. The van der Waals surface area contributed by atoms with E-state index in [2.05, 4.69) is 32.9 Å². The van der Waals surface area contributed by atoms with Crippen LogP contribution in [0.3, 0.4) is 0 Å². The molecule has 0 aliphatic heterocycles. The number of carbonyl (C=O) groups excluding carboxylic acids is 5. The number of hydrogen-bond donors (Lipinski definition) is 0. The summed E-state index contributed by atoms with van der Waals surface area (Å²) in [5, 5.41) is 0. The third-order valence-electron chi connectivity index (χ3n) is 4.08. The molecule has 0 aliphatic rings. The van der Waals surface area contributed by atoms with Crippen LogP contribution in [0.2, 0.25) is 0 Å². The van der Waals surface area contributed by atoms with Crippen LogP contribution in [0.25, 0.3) is 0 Å². The zero-order valence-corrected chi connectivity index (χ0v) is 19.4. The van der Waals surface area contributed by atoms with E-state index >= 15 is 0 Å². The van der Waals surface area contributed by atoms with Crippen molar-refractivity contribution < 1.29 is 52.4 Å². The first-order valence-corrected chi connectivity index (χ1v) is 10.2. The molecule has 0 heterocycles. The first kappa shape index (κ1) is 31.0. The Morgan fingerprint density at radius 3 is 1.14 bits per heavy atom. The van der Waals surface area contributed by atoms with Gasteiger partial charge in [-0.2, -0.15) is 0 Å². The van der Waals surface area contributed by atoms with Gasteiger partial charge in [0.2, 0.25) is 0 Å². The van der Waals surface area contributed by atoms with Gasteiger partial charge in [0.25, 0.3) is 0 Å². The maximum absolute atomic E-state index is 11.6. The minimum absolute atomic E-state index is 0.114. The highest BCUT2D eigenvalue weighted by Gasteiger charge is 2.36. The smallest absolute Gasteiger partial charge is 0.330 e. The first-order chi connectivity index (χ1) is 16.6. The molecule has 0 N–H and O–H groups in total. The molecular weight excluding hydrogens is 464 g/mol. The molecule has 0 aromatic rings. The Morgan fingerprint density at radius 2 is 0.829 bits per heavy atom. The number of carbonyl (C=O) groups is 5. The van der Waals surface area contributed by atoms with Crippen molar-refractivity contribution in [3.63, 3.8) is 0 Å². The van der Waals surface area contributed by atoms with Crippen LogP contribution in [0, 0.1) is 11.3 Å². The molecule has 35 heavy (non-hydrogen) atoms. The molecule has 0 rings (SSSR count). The van der Waals surface area contributed by atoms with Gasteiger partial charge in [0.1, 0.15) is 19.8 Å². The van der Waals surface area contributed by atoms with Gasteiger partial charge in [-0.1, -0.05) is 32.9 Å². The van der Waals surface area contributed by atoms with Crippen LogP contribution in [0.4, 0.5) is 0 Å². The summed E-state index contributed by atoms with van der Waals surface area (Å²) in [7, 11) is 0. The van der Waals surface area contributed by atoms with Crippen molar-refractivity contribution in [1.29, 1.82) is 0 Å². The molecule has 0 spiro atoms. The van der Waals surface area contributed by atoms with Crippen molar-refractivity contribution in [3.05, 3.63) is 63.3 Å². The van der Waals surface area contributed by atoms with E-state index in [1.165, 1.54) is 0 Å². The normalized spacial score (nSPS) is 10.3. The molecule has 0 unspecified atom stereocenters. The van der Waals surface area contributed by atoms with Gasteiger partial charge in [0, 0.05) is 30.4 Å². The van der Waals surface area contributed by atoms with E-state index < -0.39 is 41.2 Å². The molecule has 0 fully saturated rings. The zero-order valence-electron chi connectivity index (χ0n) is 19.4. The van der Waals surface area contributed by atoms with E-state index in [1.807, 2.05) is 0 Å². The van der Waals surface area contributed by atoms with E-state index in [9.17, 15) is 24.0 Å². The summed E-state index contributed by atoms with van der Waals surface area (Å²) in [6.45, 7) is 14.6. The van der Waals surface area contributed by atoms with E-state index in [0.717, 1.165) is 30.4 Å². The molecule has 192 valence electrons. The van der Waals surface area contributed by atoms with Crippen molar-refractivity contribution in [1.82, 2.24) is 0 Å². The zero-order chi connectivity index (χ0) is 26.7. The number of ether oxygens (including phenoxy) is 6. The lowest BCUT2D eigenvalue weighted by atomic mass is 9.92. The number of hydrogen-bond acceptors (Lipinski definition) is 11. The van der Waals surface area contributed by atoms with Gasteiger partial charge in [-0.05, 0) is 0 Å².